The lowest BCUT2D eigenvalue weighted by atomic mass is 10.1. The second-order valence-electron chi connectivity index (χ2n) is 5.29. The van der Waals surface area contributed by atoms with Crippen molar-refractivity contribution in [1.29, 1.82) is 0 Å². The molecule has 0 aliphatic heterocycles. The van der Waals surface area contributed by atoms with Crippen LogP contribution in [0.5, 0.6) is 0 Å². The summed E-state index contributed by atoms with van der Waals surface area (Å²) < 4.78 is 38.4. The van der Waals surface area contributed by atoms with E-state index in [2.05, 4.69) is 0 Å². The van der Waals surface area contributed by atoms with Gasteiger partial charge in [-0.15, -0.1) is 0 Å². The van der Waals surface area contributed by atoms with Crippen LogP contribution in [0.1, 0.15) is 35.7 Å². The summed E-state index contributed by atoms with van der Waals surface area (Å²) >= 11 is 0. The van der Waals surface area contributed by atoms with Gasteiger partial charge in [-0.2, -0.15) is 13.2 Å². The van der Waals surface area contributed by atoms with Crippen LogP contribution in [0.15, 0.2) is 18.2 Å². The van der Waals surface area contributed by atoms with Crippen LogP contribution in [0, 0.1) is 5.92 Å². The lowest BCUT2D eigenvalue weighted by Crippen LogP contribution is -2.36. The molecular formula is C14H17F3N2O. The molecule has 3 nitrogen and oxygen atoms in total. The Balaban J connectivity index is 2.26. The first kappa shape index (κ1) is 14.7. The van der Waals surface area contributed by atoms with E-state index in [0.29, 0.717) is 5.92 Å². The number of halogens is 3. The molecular weight excluding hydrogens is 269 g/mol. The van der Waals surface area contributed by atoms with Gasteiger partial charge in [0.05, 0.1) is 5.56 Å². The first-order chi connectivity index (χ1) is 9.21. The SMILES string of the molecule is CC(C1CC1)N(C)C(=O)c1ccc(N)c(C(F)(F)F)c1. The molecule has 1 aliphatic carbocycles. The number of carbonyl (C=O) groups is 1. The van der Waals surface area contributed by atoms with E-state index in [4.69, 9.17) is 5.73 Å². The molecule has 2 N–H and O–H groups in total. The van der Waals surface area contributed by atoms with Crippen molar-refractivity contribution in [1.82, 2.24) is 4.90 Å². The Kier molecular flexibility index (Phi) is 3.67. The van der Waals surface area contributed by atoms with E-state index < -0.39 is 17.6 Å². The molecule has 20 heavy (non-hydrogen) atoms. The van der Waals surface area contributed by atoms with E-state index >= 15 is 0 Å². The molecule has 6 heteroatoms. The Bertz CT molecular complexity index is 524. The number of nitrogens with two attached hydrogens (primary N) is 1. The highest BCUT2D eigenvalue weighted by Gasteiger charge is 2.35. The summed E-state index contributed by atoms with van der Waals surface area (Å²) in [6, 6.07) is 3.33. The monoisotopic (exact) mass is 286 g/mol. The third-order valence-corrected chi connectivity index (χ3v) is 3.84. The van der Waals surface area contributed by atoms with Crippen LogP contribution in [0.3, 0.4) is 0 Å². The number of nitrogens with zero attached hydrogens (tertiary/aromatic N) is 1. The predicted octanol–water partition coefficient (Wildman–Crippen LogP) is 3.16. The van der Waals surface area contributed by atoms with Crippen molar-refractivity contribution in [2.75, 3.05) is 12.8 Å². The fourth-order valence-electron chi connectivity index (χ4n) is 2.22. The summed E-state index contributed by atoms with van der Waals surface area (Å²) in [5.74, 6) is 0.0507. The van der Waals surface area contributed by atoms with Gasteiger partial charge in [-0.05, 0) is 43.9 Å². The van der Waals surface area contributed by atoms with Crippen LogP contribution >= 0.6 is 0 Å². The van der Waals surface area contributed by atoms with Crippen molar-refractivity contribution in [3.63, 3.8) is 0 Å². The summed E-state index contributed by atoms with van der Waals surface area (Å²) in [5.41, 5.74) is 4.01. The molecule has 0 bridgehead atoms. The molecule has 0 aromatic heterocycles. The third-order valence-electron chi connectivity index (χ3n) is 3.84. The Labute approximate surface area is 115 Å². The summed E-state index contributed by atoms with van der Waals surface area (Å²) in [7, 11) is 1.62. The van der Waals surface area contributed by atoms with Crippen molar-refractivity contribution >= 4 is 11.6 Å². The molecule has 1 saturated carbocycles. The van der Waals surface area contributed by atoms with E-state index in [1.54, 1.807) is 7.05 Å². The standard InChI is InChI=1S/C14H17F3N2O/c1-8(9-3-4-9)19(2)13(20)10-5-6-12(18)11(7-10)14(15,16)17/h5-9H,3-4,18H2,1-2H3. The van der Waals surface area contributed by atoms with Crippen molar-refractivity contribution in [3.05, 3.63) is 29.3 Å². The number of hydrogen-bond acceptors (Lipinski definition) is 2. The van der Waals surface area contributed by atoms with E-state index in [9.17, 15) is 18.0 Å². The molecule has 1 atom stereocenters. The molecule has 110 valence electrons. The molecule has 2 rings (SSSR count). The quantitative estimate of drug-likeness (QED) is 0.868. The minimum absolute atomic E-state index is 0.0153. The van der Waals surface area contributed by atoms with E-state index in [1.165, 1.54) is 11.0 Å². The first-order valence-corrected chi connectivity index (χ1v) is 6.45. The van der Waals surface area contributed by atoms with E-state index in [1.807, 2.05) is 6.92 Å². The molecule has 0 spiro atoms. The fourth-order valence-corrected chi connectivity index (χ4v) is 2.22. The molecule has 1 aromatic carbocycles. The van der Waals surface area contributed by atoms with Gasteiger partial charge < -0.3 is 10.6 Å². The van der Waals surface area contributed by atoms with Gasteiger partial charge >= 0.3 is 6.18 Å². The van der Waals surface area contributed by atoms with Crippen LogP contribution in [-0.2, 0) is 6.18 Å². The van der Waals surface area contributed by atoms with Crippen molar-refractivity contribution < 1.29 is 18.0 Å². The van der Waals surface area contributed by atoms with Crippen LogP contribution in [0.25, 0.3) is 0 Å². The van der Waals surface area contributed by atoms with Gasteiger partial charge in [0, 0.05) is 24.3 Å². The van der Waals surface area contributed by atoms with Gasteiger partial charge in [-0.3, -0.25) is 4.79 Å². The fraction of sp³-hybridized carbons (Fsp3) is 0.500. The number of rotatable bonds is 3. The maximum absolute atomic E-state index is 12.8. The maximum atomic E-state index is 12.8. The van der Waals surface area contributed by atoms with Gasteiger partial charge in [0.2, 0.25) is 0 Å². The van der Waals surface area contributed by atoms with Gasteiger partial charge in [0.15, 0.2) is 0 Å². The zero-order valence-electron chi connectivity index (χ0n) is 11.4. The normalized spacial score (nSPS) is 16.9. The van der Waals surface area contributed by atoms with Gasteiger partial charge in [0.25, 0.3) is 5.91 Å². The first-order valence-electron chi connectivity index (χ1n) is 6.45. The number of benzene rings is 1. The molecule has 0 radical (unpaired) electrons. The topological polar surface area (TPSA) is 46.3 Å². The Morgan fingerprint density at radius 2 is 2.00 bits per heavy atom. The second-order valence-corrected chi connectivity index (χ2v) is 5.29. The average Bonchev–Trinajstić information content (AvgIpc) is 3.19. The highest BCUT2D eigenvalue weighted by atomic mass is 19.4. The minimum Gasteiger partial charge on any atom is -0.398 e. The van der Waals surface area contributed by atoms with Crippen LogP contribution < -0.4 is 5.73 Å². The van der Waals surface area contributed by atoms with Crippen LogP contribution in [0.4, 0.5) is 18.9 Å². The van der Waals surface area contributed by atoms with Gasteiger partial charge in [-0.25, -0.2) is 0 Å². The zero-order valence-corrected chi connectivity index (χ0v) is 11.4. The van der Waals surface area contributed by atoms with Crippen LogP contribution in [-0.4, -0.2) is 23.9 Å². The van der Waals surface area contributed by atoms with Crippen LogP contribution in [0.2, 0.25) is 0 Å². The summed E-state index contributed by atoms with van der Waals surface area (Å²) in [5, 5.41) is 0. The minimum atomic E-state index is -4.55. The number of amides is 1. The predicted molar refractivity (Wildman–Crippen MR) is 70.1 cm³/mol. The lowest BCUT2D eigenvalue weighted by molar-refractivity contribution is -0.136. The highest BCUT2D eigenvalue weighted by molar-refractivity contribution is 5.95. The molecule has 1 fully saturated rings. The Hall–Kier alpha value is -1.72. The highest BCUT2D eigenvalue weighted by Crippen LogP contribution is 2.36. The molecule has 0 saturated heterocycles. The number of nitrogen functional groups attached to an aromatic ring is 1. The molecule has 1 aliphatic rings. The van der Waals surface area contributed by atoms with Gasteiger partial charge in [-0.1, -0.05) is 0 Å². The smallest absolute Gasteiger partial charge is 0.398 e. The molecule has 0 heterocycles. The number of carbonyl (C=O) groups excluding carboxylic acids is 1. The summed E-state index contributed by atoms with van der Waals surface area (Å²) in [6.07, 6.45) is -2.43. The zero-order chi connectivity index (χ0) is 15.1. The Morgan fingerprint density at radius 3 is 2.50 bits per heavy atom. The maximum Gasteiger partial charge on any atom is 0.418 e. The third kappa shape index (κ3) is 2.89. The summed E-state index contributed by atoms with van der Waals surface area (Å²) in [6.45, 7) is 1.91. The van der Waals surface area contributed by atoms with Crippen molar-refractivity contribution in [3.8, 4) is 0 Å². The lowest BCUT2D eigenvalue weighted by Gasteiger charge is -2.25. The number of anilines is 1. The average molecular weight is 286 g/mol. The van der Waals surface area contributed by atoms with Crippen molar-refractivity contribution in [2.45, 2.75) is 32.0 Å². The summed E-state index contributed by atoms with van der Waals surface area (Å²) in [4.78, 5) is 13.7. The largest absolute Gasteiger partial charge is 0.418 e. The molecule has 1 amide bonds. The number of alkyl halides is 3. The second kappa shape index (κ2) is 5.00. The number of hydrogen-bond donors (Lipinski definition) is 1. The molecule has 1 unspecified atom stereocenters. The van der Waals surface area contributed by atoms with Gasteiger partial charge in [0.1, 0.15) is 0 Å². The molecule has 1 aromatic rings. The van der Waals surface area contributed by atoms with Crippen molar-refractivity contribution in [2.24, 2.45) is 5.92 Å². The van der Waals surface area contributed by atoms with E-state index in [0.717, 1.165) is 25.0 Å². The van der Waals surface area contributed by atoms with E-state index in [-0.39, 0.29) is 17.3 Å². The Morgan fingerprint density at radius 1 is 1.40 bits per heavy atom.